The monoisotopic (exact) mass is 414 g/mol. The third-order valence-corrected chi connectivity index (χ3v) is 5.74. The topological polar surface area (TPSA) is 62.5 Å². The van der Waals surface area contributed by atoms with Crippen LogP contribution in [0.1, 0.15) is 24.3 Å². The van der Waals surface area contributed by atoms with Gasteiger partial charge in [0.15, 0.2) is 0 Å². The maximum absolute atomic E-state index is 13.1. The molecule has 1 aliphatic rings. The van der Waals surface area contributed by atoms with Gasteiger partial charge in [0.25, 0.3) is 0 Å². The van der Waals surface area contributed by atoms with Crippen LogP contribution in [0.15, 0.2) is 45.6 Å². The van der Waals surface area contributed by atoms with Gasteiger partial charge in [-0.2, -0.15) is 16.3 Å². The van der Waals surface area contributed by atoms with Crippen molar-refractivity contribution >= 4 is 17.2 Å². The standard InChI is InChI=1S/C21H23FN4O2S/c22-18-4-2-16(3-5-18)14-25-9-1-10-26(12-11-25)20(27)7-6-19-23-21(24-28-19)17-8-13-29-15-17/h2-5,8,13,15H,1,6-7,9-12,14H2. The summed E-state index contributed by atoms with van der Waals surface area (Å²) in [6, 6.07) is 8.56. The van der Waals surface area contributed by atoms with Crippen LogP contribution in [0.5, 0.6) is 0 Å². The molecule has 152 valence electrons. The molecule has 8 heteroatoms. The van der Waals surface area contributed by atoms with Gasteiger partial charge in [0, 0.05) is 56.5 Å². The van der Waals surface area contributed by atoms with Crippen LogP contribution < -0.4 is 0 Å². The number of benzene rings is 1. The first kappa shape index (κ1) is 19.7. The minimum absolute atomic E-state index is 0.115. The Bertz CT molecular complexity index is 927. The quantitative estimate of drug-likeness (QED) is 0.617. The predicted molar refractivity (Wildman–Crippen MR) is 109 cm³/mol. The number of nitrogens with zero attached hydrogens (tertiary/aromatic N) is 4. The van der Waals surface area contributed by atoms with Crippen LogP contribution >= 0.6 is 11.3 Å². The molecule has 0 bridgehead atoms. The van der Waals surface area contributed by atoms with Crippen molar-refractivity contribution in [3.63, 3.8) is 0 Å². The lowest BCUT2D eigenvalue weighted by molar-refractivity contribution is -0.131. The number of amides is 1. The Labute approximate surface area is 172 Å². The van der Waals surface area contributed by atoms with Crippen molar-refractivity contribution in [2.24, 2.45) is 0 Å². The first-order chi connectivity index (χ1) is 14.2. The number of carbonyl (C=O) groups is 1. The summed E-state index contributed by atoms with van der Waals surface area (Å²) < 4.78 is 18.3. The van der Waals surface area contributed by atoms with Crippen molar-refractivity contribution in [1.29, 1.82) is 0 Å². The number of aromatic nitrogens is 2. The van der Waals surface area contributed by atoms with Crippen LogP contribution in [0.25, 0.3) is 11.4 Å². The van der Waals surface area contributed by atoms with E-state index in [2.05, 4.69) is 15.0 Å². The molecule has 2 aromatic heterocycles. The summed E-state index contributed by atoms with van der Waals surface area (Å²) in [5.74, 6) is 0.959. The first-order valence-electron chi connectivity index (χ1n) is 9.77. The number of halogens is 1. The highest BCUT2D eigenvalue weighted by Crippen LogP contribution is 2.19. The highest BCUT2D eigenvalue weighted by Gasteiger charge is 2.20. The molecule has 0 radical (unpaired) electrons. The van der Waals surface area contributed by atoms with Gasteiger partial charge in [-0.25, -0.2) is 4.39 Å². The Kier molecular flexibility index (Phi) is 6.31. The van der Waals surface area contributed by atoms with Crippen LogP contribution in [0, 0.1) is 5.82 Å². The number of carbonyl (C=O) groups excluding carboxylic acids is 1. The van der Waals surface area contributed by atoms with E-state index < -0.39 is 0 Å². The fourth-order valence-electron chi connectivity index (χ4n) is 3.46. The molecule has 29 heavy (non-hydrogen) atoms. The zero-order valence-electron chi connectivity index (χ0n) is 16.1. The summed E-state index contributed by atoms with van der Waals surface area (Å²) in [7, 11) is 0. The van der Waals surface area contributed by atoms with Crippen molar-refractivity contribution in [2.45, 2.75) is 25.8 Å². The van der Waals surface area contributed by atoms with E-state index in [1.807, 2.05) is 33.9 Å². The van der Waals surface area contributed by atoms with E-state index in [4.69, 9.17) is 4.52 Å². The minimum atomic E-state index is -0.218. The van der Waals surface area contributed by atoms with E-state index >= 15 is 0 Å². The zero-order chi connectivity index (χ0) is 20.1. The summed E-state index contributed by atoms with van der Waals surface area (Å²) in [6.45, 7) is 3.96. The fraction of sp³-hybridized carbons (Fsp3) is 0.381. The molecule has 0 spiro atoms. The van der Waals surface area contributed by atoms with Gasteiger partial charge >= 0.3 is 0 Å². The van der Waals surface area contributed by atoms with Crippen molar-refractivity contribution in [2.75, 3.05) is 26.2 Å². The third kappa shape index (κ3) is 5.27. The Hall–Kier alpha value is -2.58. The second kappa shape index (κ2) is 9.28. The Morgan fingerprint density at radius 3 is 2.79 bits per heavy atom. The predicted octanol–water partition coefficient (Wildman–Crippen LogP) is 3.60. The van der Waals surface area contributed by atoms with Gasteiger partial charge in [0.2, 0.25) is 17.6 Å². The normalized spacial score (nSPS) is 15.4. The van der Waals surface area contributed by atoms with Crippen LogP contribution in [0.3, 0.4) is 0 Å². The zero-order valence-corrected chi connectivity index (χ0v) is 16.9. The van der Waals surface area contributed by atoms with Crippen molar-refractivity contribution in [3.05, 3.63) is 58.4 Å². The molecule has 6 nitrogen and oxygen atoms in total. The van der Waals surface area contributed by atoms with Crippen molar-refractivity contribution < 1.29 is 13.7 Å². The number of rotatable bonds is 6. The summed E-state index contributed by atoms with van der Waals surface area (Å²) in [4.78, 5) is 21.2. The van der Waals surface area contributed by atoms with Crippen molar-refractivity contribution in [1.82, 2.24) is 19.9 Å². The SMILES string of the molecule is O=C(CCc1nc(-c2ccsc2)no1)N1CCCN(Cc2ccc(F)cc2)CC1. The molecule has 1 amide bonds. The fourth-order valence-corrected chi connectivity index (χ4v) is 4.10. The average molecular weight is 415 g/mol. The molecule has 1 aromatic carbocycles. The smallest absolute Gasteiger partial charge is 0.227 e. The summed E-state index contributed by atoms with van der Waals surface area (Å²) in [5, 5.41) is 7.92. The van der Waals surface area contributed by atoms with Gasteiger partial charge in [-0.3, -0.25) is 9.69 Å². The van der Waals surface area contributed by atoms with Gasteiger partial charge in [-0.1, -0.05) is 17.3 Å². The van der Waals surface area contributed by atoms with Gasteiger partial charge in [-0.05, 0) is 35.6 Å². The summed E-state index contributed by atoms with van der Waals surface area (Å²) >= 11 is 1.58. The Morgan fingerprint density at radius 1 is 1.14 bits per heavy atom. The second-order valence-corrected chi connectivity index (χ2v) is 7.94. The average Bonchev–Trinajstić information content (AvgIpc) is 3.37. The van der Waals surface area contributed by atoms with E-state index in [9.17, 15) is 9.18 Å². The van der Waals surface area contributed by atoms with Crippen LogP contribution in [0.2, 0.25) is 0 Å². The molecule has 0 aliphatic carbocycles. The van der Waals surface area contributed by atoms with E-state index in [-0.39, 0.29) is 11.7 Å². The molecule has 0 N–H and O–H groups in total. The maximum Gasteiger partial charge on any atom is 0.227 e. The number of thiophene rings is 1. The van der Waals surface area contributed by atoms with Crippen LogP contribution in [-0.4, -0.2) is 52.0 Å². The number of hydrogen-bond donors (Lipinski definition) is 0. The lowest BCUT2D eigenvalue weighted by Gasteiger charge is -2.22. The highest BCUT2D eigenvalue weighted by molar-refractivity contribution is 7.08. The van der Waals surface area contributed by atoms with Crippen LogP contribution in [0.4, 0.5) is 4.39 Å². The van der Waals surface area contributed by atoms with Gasteiger partial charge in [0.1, 0.15) is 5.82 Å². The molecule has 1 fully saturated rings. The van der Waals surface area contributed by atoms with Gasteiger partial charge in [-0.15, -0.1) is 0 Å². The summed E-state index contributed by atoms with van der Waals surface area (Å²) in [6.07, 6.45) is 1.74. The van der Waals surface area contributed by atoms with E-state index in [0.29, 0.717) is 31.1 Å². The lowest BCUT2D eigenvalue weighted by atomic mass is 10.2. The molecule has 1 aliphatic heterocycles. The van der Waals surface area contributed by atoms with E-state index in [1.165, 1.54) is 12.1 Å². The van der Waals surface area contributed by atoms with Gasteiger partial charge < -0.3 is 9.42 Å². The molecule has 4 rings (SSSR count). The number of aryl methyl sites for hydroxylation is 1. The molecule has 0 unspecified atom stereocenters. The molecular formula is C21H23FN4O2S. The highest BCUT2D eigenvalue weighted by atomic mass is 32.1. The second-order valence-electron chi connectivity index (χ2n) is 7.16. The molecular weight excluding hydrogens is 391 g/mol. The van der Waals surface area contributed by atoms with Crippen LogP contribution in [-0.2, 0) is 17.8 Å². The van der Waals surface area contributed by atoms with E-state index in [0.717, 1.165) is 43.7 Å². The third-order valence-electron chi connectivity index (χ3n) is 5.06. The summed E-state index contributed by atoms with van der Waals surface area (Å²) in [5.41, 5.74) is 2.02. The molecule has 0 saturated carbocycles. The van der Waals surface area contributed by atoms with E-state index in [1.54, 1.807) is 11.3 Å². The van der Waals surface area contributed by atoms with Crippen molar-refractivity contribution in [3.8, 4) is 11.4 Å². The molecule has 3 heterocycles. The molecule has 0 atom stereocenters. The maximum atomic E-state index is 13.1. The molecule has 3 aromatic rings. The largest absolute Gasteiger partial charge is 0.341 e. The first-order valence-corrected chi connectivity index (χ1v) is 10.7. The Morgan fingerprint density at radius 2 is 2.00 bits per heavy atom. The number of hydrogen-bond acceptors (Lipinski definition) is 6. The lowest BCUT2D eigenvalue weighted by Crippen LogP contribution is -2.35. The van der Waals surface area contributed by atoms with Gasteiger partial charge in [0.05, 0.1) is 0 Å². The Balaban J connectivity index is 1.25. The minimum Gasteiger partial charge on any atom is -0.341 e. The molecule has 1 saturated heterocycles.